The van der Waals surface area contributed by atoms with E-state index in [-0.39, 0.29) is 30.1 Å². The van der Waals surface area contributed by atoms with E-state index in [2.05, 4.69) is 10.2 Å². The summed E-state index contributed by atoms with van der Waals surface area (Å²) in [5.41, 5.74) is 1.68. The summed E-state index contributed by atoms with van der Waals surface area (Å²) in [6, 6.07) is 17.3. The van der Waals surface area contributed by atoms with Crippen LogP contribution in [-0.4, -0.2) is 74.9 Å². The van der Waals surface area contributed by atoms with Gasteiger partial charge in [-0.2, -0.15) is 0 Å². The Labute approximate surface area is 248 Å². The van der Waals surface area contributed by atoms with E-state index in [0.29, 0.717) is 37.6 Å². The second-order valence-electron chi connectivity index (χ2n) is 10.2. The maximum atomic E-state index is 13.2. The van der Waals surface area contributed by atoms with Gasteiger partial charge >= 0.3 is 0 Å². The van der Waals surface area contributed by atoms with E-state index in [0.717, 1.165) is 40.8 Å². The van der Waals surface area contributed by atoms with Gasteiger partial charge in [0.05, 0.1) is 25.5 Å². The first-order valence-electron chi connectivity index (χ1n) is 14.0. The van der Waals surface area contributed by atoms with Crippen molar-refractivity contribution < 1.29 is 23.1 Å². The standard InChI is InChI=1S/C31H34FN5O4S/c1-22-21-35(16-17-36(22)29(39)20-23-8-10-24(32)11-9-23)28(38)7-3-4-19-42-31-34-33-30(27-6-5-18-41-27)37(31)25-12-14-26(40-2)15-13-25/h5-6,8-15,18,22H,3-4,7,16-17,19-21H2,1-2H3. The molecule has 2 aromatic carbocycles. The number of carbonyl (C=O) groups excluding carboxylic acids is 2. The Hall–Kier alpha value is -4.12. The van der Waals surface area contributed by atoms with Crippen LogP contribution >= 0.6 is 11.8 Å². The van der Waals surface area contributed by atoms with Crippen molar-refractivity contribution in [2.24, 2.45) is 0 Å². The maximum Gasteiger partial charge on any atom is 0.227 e. The lowest BCUT2D eigenvalue weighted by atomic mass is 10.1. The zero-order valence-electron chi connectivity index (χ0n) is 23.7. The van der Waals surface area contributed by atoms with Gasteiger partial charge in [0.15, 0.2) is 10.9 Å². The van der Waals surface area contributed by atoms with Gasteiger partial charge in [-0.3, -0.25) is 14.2 Å². The highest BCUT2D eigenvalue weighted by molar-refractivity contribution is 7.99. The van der Waals surface area contributed by atoms with Gasteiger partial charge in [0, 0.05) is 37.8 Å². The summed E-state index contributed by atoms with van der Waals surface area (Å²) in [7, 11) is 1.63. The van der Waals surface area contributed by atoms with E-state index in [1.807, 2.05) is 57.7 Å². The Morgan fingerprint density at radius 1 is 1.02 bits per heavy atom. The minimum Gasteiger partial charge on any atom is -0.497 e. The highest BCUT2D eigenvalue weighted by Crippen LogP contribution is 2.29. The fraction of sp³-hybridized carbons (Fsp3) is 0.355. The first kappa shape index (κ1) is 29.4. The molecule has 0 spiro atoms. The summed E-state index contributed by atoms with van der Waals surface area (Å²) < 4.78 is 26.0. The molecule has 0 saturated carbocycles. The molecule has 4 aromatic rings. The average molecular weight is 592 g/mol. The van der Waals surface area contributed by atoms with Crippen molar-refractivity contribution in [3.05, 3.63) is 78.3 Å². The van der Waals surface area contributed by atoms with Crippen molar-refractivity contribution >= 4 is 23.6 Å². The van der Waals surface area contributed by atoms with E-state index in [1.54, 1.807) is 37.3 Å². The molecule has 0 bridgehead atoms. The van der Waals surface area contributed by atoms with Gasteiger partial charge in [-0.25, -0.2) is 4.39 Å². The van der Waals surface area contributed by atoms with Crippen LogP contribution in [0.5, 0.6) is 5.75 Å². The smallest absolute Gasteiger partial charge is 0.227 e. The molecule has 1 atom stereocenters. The molecule has 1 fully saturated rings. The number of amides is 2. The van der Waals surface area contributed by atoms with Crippen molar-refractivity contribution in [1.82, 2.24) is 24.6 Å². The molecule has 2 amide bonds. The summed E-state index contributed by atoms with van der Waals surface area (Å²) in [4.78, 5) is 29.4. The van der Waals surface area contributed by atoms with Crippen LogP contribution in [0.3, 0.4) is 0 Å². The summed E-state index contributed by atoms with van der Waals surface area (Å²) in [5.74, 6) is 2.57. The molecule has 3 heterocycles. The molecule has 0 aliphatic carbocycles. The molecule has 42 heavy (non-hydrogen) atoms. The van der Waals surface area contributed by atoms with Gasteiger partial charge in [-0.15, -0.1) is 10.2 Å². The Balaban J connectivity index is 1.10. The first-order valence-corrected chi connectivity index (χ1v) is 15.0. The van der Waals surface area contributed by atoms with Gasteiger partial charge in [0.2, 0.25) is 17.6 Å². The fourth-order valence-electron chi connectivity index (χ4n) is 5.03. The van der Waals surface area contributed by atoms with E-state index in [1.165, 1.54) is 12.1 Å². The Morgan fingerprint density at radius 2 is 1.81 bits per heavy atom. The molecule has 1 aliphatic rings. The largest absolute Gasteiger partial charge is 0.497 e. The van der Waals surface area contributed by atoms with Crippen LogP contribution in [0.2, 0.25) is 0 Å². The second-order valence-corrected chi connectivity index (χ2v) is 11.3. The minimum absolute atomic E-state index is 0.00377. The number of carbonyl (C=O) groups is 2. The Bertz CT molecular complexity index is 1470. The number of thioether (sulfide) groups is 1. The summed E-state index contributed by atoms with van der Waals surface area (Å²) in [6.07, 6.45) is 3.89. The third-order valence-electron chi connectivity index (χ3n) is 7.29. The fourth-order valence-corrected chi connectivity index (χ4v) is 5.98. The average Bonchev–Trinajstić information content (AvgIpc) is 3.68. The summed E-state index contributed by atoms with van der Waals surface area (Å²) in [6.45, 7) is 3.51. The predicted molar refractivity (Wildman–Crippen MR) is 158 cm³/mol. The molecule has 1 saturated heterocycles. The van der Waals surface area contributed by atoms with Gasteiger partial charge in [-0.1, -0.05) is 23.9 Å². The van der Waals surface area contributed by atoms with Crippen LogP contribution in [0.4, 0.5) is 4.39 Å². The third-order valence-corrected chi connectivity index (χ3v) is 8.31. The molecule has 1 unspecified atom stereocenters. The lowest BCUT2D eigenvalue weighted by Crippen LogP contribution is -2.55. The molecule has 0 N–H and O–H groups in total. The lowest BCUT2D eigenvalue weighted by Gasteiger charge is -2.40. The van der Waals surface area contributed by atoms with Crippen LogP contribution < -0.4 is 4.74 Å². The number of ether oxygens (including phenoxy) is 1. The zero-order valence-corrected chi connectivity index (χ0v) is 24.6. The van der Waals surface area contributed by atoms with Crippen LogP contribution in [0, 0.1) is 5.82 Å². The number of hydrogen-bond acceptors (Lipinski definition) is 7. The van der Waals surface area contributed by atoms with E-state index >= 15 is 0 Å². The lowest BCUT2D eigenvalue weighted by molar-refractivity contribution is -0.142. The number of aromatic nitrogens is 3. The third kappa shape index (κ3) is 7.02. The van der Waals surface area contributed by atoms with Crippen LogP contribution in [0.1, 0.15) is 31.7 Å². The number of furan rings is 1. The van der Waals surface area contributed by atoms with Gasteiger partial charge in [-0.05, 0) is 73.9 Å². The van der Waals surface area contributed by atoms with Gasteiger partial charge in [0.1, 0.15) is 11.6 Å². The van der Waals surface area contributed by atoms with Crippen molar-refractivity contribution in [1.29, 1.82) is 0 Å². The molecule has 0 radical (unpaired) electrons. The highest BCUT2D eigenvalue weighted by atomic mass is 32.2. The SMILES string of the molecule is COc1ccc(-n2c(SCCCCC(=O)N3CCN(C(=O)Cc4ccc(F)cc4)C(C)C3)nnc2-c2ccco2)cc1. The number of benzene rings is 2. The van der Waals surface area contributed by atoms with Crippen molar-refractivity contribution in [2.45, 2.75) is 43.8 Å². The quantitative estimate of drug-likeness (QED) is 0.174. The number of hydrogen-bond donors (Lipinski definition) is 0. The zero-order chi connectivity index (χ0) is 29.5. The summed E-state index contributed by atoms with van der Waals surface area (Å²) in [5, 5.41) is 9.54. The highest BCUT2D eigenvalue weighted by Gasteiger charge is 2.29. The number of nitrogens with zero attached hydrogens (tertiary/aromatic N) is 5. The molecule has 220 valence electrons. The van der Waals surface area contributed by atoms with Crippen LogP contribution in [-0.2, 0) is 16.0 Å². The minimum atomic E-state index is -0.318. The number of rotatable bonds is 11. The molecule has 1 aliphatic heterocycles. The number of halogens is 1. The Kier molecular flexibility index (Phi) is 9.58. The molecular formula is C31H34FN5O4S. The molecule has 9 nitrogen and oxygen atoms in total. The molecule has 5 rings (SSSR count). The van der Waals surface area contributed by atoms with Crippen molar-refractivity contribution in [3.63, 3.8) is 0 Å². The van der Waals surface area contributed by atoms with Gasteiger partial charge in [0.25, 0.3) is 0 Å². The van der Waals surface area contributed by atoms with Crippen LogP contribution in [0.25, 0.3) is 17.3 Å². The predicted octanol–water partition coefficient (Wildman–Crippen LogP) is 5.24. The van der Waals surface area contributed by atoms with Crippen LogP contribution in [0.15, 0.2) is 76.5 Å². The first-order chi connectivity index (χ1) is 20.4. The second kappa shape index (κ2) is 13.7. The number of unbranched alkanes of at least 4 members (excludes halogenated alkanes) is 1. The Morgan fingerprint density at radius 3 is 2.50 bits per heavy atom. The number of piperazine rings is 1. The van der Waals surface area contributed by atoms with E-state index < -0.39 is 0 Å². The molecule has 2 aromatic heterocycles. The normalized spacial score (nSPS) is 15.2. The topological polar surface area (TPSA) is 93.7 Å². The maximum absolute atomic E-state index is 13.2. The van der Waals surface area contributed by atoms with Crippen molar-refractivity contribution in [2.75, 3.05) is 32.5 Å². The van der Waals surface area contributed by atoms with Crippen molar-refractivity contribution in [3.8, 4) is 23.0 Å². The van der Waals surface area contributed by atoms with E-state index in [4.69, 9.17) is 9.15 Å². The molecule has 11 heteroatoms. The number of methoxy groups -OCH3 is 1. The monoisotopic (exact) mass is 591 g/mol. The molecular weight excluding hydrogens is 557 g/mol. The van der Waals surface area contributed by atoms with Gasteiger partial charge < -0.3 is 19.0 Å². The summed E-state index contributed by atoms with van der Waals surface area (Å²) >= 11 is 1.59. The van der Waals surface area contributed by atoms with E-state index in [9.17, 15) is 14.0 Å².